The highest BCUT2D eigenvalue weighted by atomic mass is 19.4. The van der Waals surface area contributed by atoms with Gasteiger partial charge in [-0.2, -0.15) is 31.4 Å². The standard InChI is InChI=1S/C15H10N2.2C2HF3O2/c1-2-12-7-3-5-9-14(12)17-15-10-6-4-8-13(15)11-16-17;2*3-2(4,5)1(6)7/h1,3-11H;2*(H,6,7). The Kier molecular flexibility index (Phi) is 8.19. The van der Waals surface area contributed by atoms with Gasteiger partial charge in [-0.25, -0.2) is 14.3 Å². The number of fused-ring (bicyclic) bond motifs is 1. The topological polar surface area (TPSA) is 92.4 Å². The summed E-state index contributed by atoms with van der Waals surface area (Å²) in [5, 5.41) is 19.8. The quantitative estimate of drug-likeness (QED) is 0.430. The molecule has 12 heteroatoms. The van der Waals surface area contributed by atoms with Crippen LogP contribution < -0.4 is 0 Å². The number of hydrogen-bond acceptors (Lipinski definition) is 3. The van der Waals surface area contributed by atoms with Crippen molar-refractivity contribution in [3.05, 3.63) is 60.3 Å². The number of aliphatic carboxylic acids is 2. The number of carboxylic acids is 2. The Bertz CT molecular complexity index is 1070. The third-order valence-corrected chi connectivity index (χ3v) is 3.25. The Morgan fingerprint density at radius 1 is 0.871 bits per heavy atom. The maximum absolute atomic E-state index is 10.6. The fourth-order valence-electron chi connectivity index (χ4n) is 1.94. The molecule has 0 spiro atoms. The van der Waals surface area contributed by atoms with E-state index in [0.29, 0.717) is 0 Å². The maximum Gasteiger partial charge on any atom is 0.490 e. The zero-order chi connectivity index (χ0) is 23.8. The zero-order valence-electron chi connectivity index (χ0n) is 15.1. The Balaban J connectivity index is 0.000000288. The number of nitrogens with zero attached hydrogens (tertiary/aromatic N) is 2. The van der Waals surface area contributed by atoms with E-state index >= 15 is 0 Å². The fourth-order valence-corrected chi connectivity index (χ4v) is 1.94. The number of terminal acetylenes is 1. The lowest BCUT2D eigenvalue weighted by molar-refractivity contribution is -0.193. The molecule has 1 aromatic heterocycles. The van der Waals surface area contributed by atoms with Gasteiger partial charge in [0, 0.05) is 10.9 Å². The zero-order valence-corrected chi connectivity index (χ0v) is 15.1. The summed E-state index contributed by atoms with van der Waals surface area (Å²) in [6.07, 6.45) is -2.81. The van der Waals surface area contributed by atoms with Gasteiger partial charge >= 0.3 is 24.3 Å². The van der Waals surface area contributed by atoms with Crippen molar-refractivity contribution in [1.82, 2.24) is 9.78 Å². The van der Waals surface area contributed by atoms with E-state index in [-0.39, 0.29) is 0 Å². The number of para-hydroxylation sites is 2. The molecule has 0 aliphatic carbocycles. The van der Waals surface area contributed by atoms with Gasteiger partial charge in [0.1, 0.15) is 0 Å². The van der Waals surface area contributed by atoms with Crippen molar-refractivity contribution >= 4 is 22.8 Å². The molecule has 3 rings (SSSR count). The molecule has 31 heavy (non-hydrogen) atoms. The van der Waals surface area contributed by atoms with Gasteiger partial charge in [-0.05, 0) is 18.2 Å². The molecule has 0 radical (unpaired) electrons. The van der Waals surface area contributed by atoms with Crippen LogP contribution >= 0.6 is 0 Å². The second kappa shape index (κ2) is 10.1. The largest absolute Gasteiger partial charge is 0.490 e. The average Bonchev–Trinajstić information content (AvgIpc) is 3.11. The number of carboxylic acid groups (broad SMARTS) is 2. The number of halogens is 6. The molecule has 0 saturated carbocycles. The number of rotatable bonds is 1. The molecular formula is C19H12F6N2O4. The van der Waals surface area contributed by atoms with E-state index in [0.717, 1.165) is 22.2 Å². The van der Waals surface area contributed by atoms with Crippen molar-refractivity contribution < 1.29 is 46.1 Å². The number of hydrogen-bond donors (Lipinski definition) is 2. The molecule has 0 saturated heterocycles. The monoisotopic (exact) mass is 446 g/mol. The van der Waals surface area contributed by atoms with Gasteiger partial charge in [-0.1, -0.05) is 36.3 Å². The molecule has 164 valence electrons. The summed E-state index contributed by atoms with van der Waals surface area (Å²) in [6, 6.07) is 15.9. The summed E-state index contributed by atoms with van der Waals surface area (Å²) in [6.45, 7) is 0. The Labute approximate surface area is 170 Å². The van der Waals surface area contributed by atoms with E-state index < -0.39 is 24.3 Å². The predicted octanol–water partition coefficient (Wildman–Crippen LogP) is 4.27. The van der Waals surface area contributed by atoms with Gasteiger partial charge in [0.05, 0.1) is 17.4 Å². The van der Waals surface area contributed by atoms with Crippen LogP contribution in [-0.2, 0) is 9.59 Å². The van der Waals surface area contributed by atoms with Crippen molar-refractivity contribution in [2.24, 2.45) is 0 Å². The summed E-state index contributed by atoms with van der Waals surface area (Å²) < 4.78 is 65.4. The molecule has 0 fully saturated rings. The van der Waals surface area contributed by atoms with Crippen LogP contribution in [0.2, 0.25) is 0 Å². The van der Waals surface area contributed by atoms with Crippen molar-refractivity contribution in [1.29, 1.82) is 0 Å². The maximum atomic E-state index is 10.6. The van der Waals surface area contributed by atoms with Crippen LogP contribution in [0.3, 0.4) is 0 Å². The molecule has 2 N–H and O–H groups in total. The molecule has 0 aliphatic heterocycles. The van der Waals surface area contributed by atoms with Crippen molar-refractivity contribution in [3.8, 4) is 18.0 Å². The summed E-state index contributed by atoms with van der Waals surface area (Å²) in [5.41, 5.74) is 2.85. The molecule has 0 bridgehead atoms. The summed E-state index contributed by atoms with van der Waals surface area (Å²) in [4.78, 5) is 17.8. The van der Waals surface area contributed by atoms with E-state index in [2.05, 4.69) is 11.0 Å². The van der Waals surface area contributed by atoms with Crippen LogP contribution in [0.5, 0.6) is 0 Å². The fraction of sp³-hybridized carbons (Fsp3) is 0.105. The molecule has 0 amide bonds. The molecule has 0 aliphatic rings. The van der Waals surface area contributed by atoms with Crippen LogP contribution in [-0.4, -0.2) is 44.3 Å². The van der Waals surface area contributed by atoms with Crippen LogP contribution in [0.15, 0.2) is 54.7 Å². The lowest BCUT2D eigenvalue weighted by atomic mass is 10.2. The molecule has 2 aromatic carbocycles. The number of carbonyl (C=O) groups is 2. The summed E-state index contributed by atoms with van der Waals surface area (Å²) in [7, 11) is 0. The van der Waals surface area contributed by atoms with E-state index in [1.165, 1.54) is 0 Å². The van der Waals surface area contributed by atoms with E-state index in [9.17, 15) is 26.3 Å². The van der Waals surface area contributed by atoms with Crippen molar-refractivity contribution in [2.45, 2.75) is 12.4 Å². The molecule has 3 aromatic rings. The minimum Gasteiger partial charge on any atom is -0.475 e. The highest BCUT2D eigenvalue weighted by Gasteiger charge is 2.38. The highest BCUT2D eigenvalue weighted by molar-refractivity contribution is 5.80. The van der Waals surface area contributed by atoms with Gasteiger partial charge in [0.2, 0.25) is 0 Å². The second-order valence-corrected chi connectivity index (χ2v) is 5.38. The van der Waals surface area contributed by atoms with E-state index in [4.69, 9.17) is 26.2 Å². The lowest BCUT2D eigenvalue weighted by Crippen LogP contribution is -2.21. The van der Waals surface area contributed by atoms with Crippen molar-refractivity contribution in [2.75, 3.05) is 0 Å². The average molecular weight is 446 g/mol. The van der Waals surface area contributed by atoms with Gasteiger partial charge in [0.15, 0.2) is 0 Å². The van der Waals surface area contributed by atoms with Gasteiger partial charge in [0.25, 0.3) is 0 Å². The van der Waals surface area contributed by atoms with Gasteiger partial charge in [-0.15, -0.1) is 6.42 Å². The number of benzene rings is 2. The van der Waals surface area contributed by atoms with Crippen molar-refractivity contribution in [3.63, 3.8) is 0 Å². The van der Waals surface area contributed by atoms with Gasteiger partial charge < -0.3 is 10.2 Å². The first kappa shape index (κ1) is 25.0. The van der Waals surface area contributed by atoms with Crippen LogP contribution in [0.1, 0.15) is 5.56 Å². The molecule has 6 nitrogen and oxygen atoms in total. The van der Waals surface area contributed by atoms with E-state index in [1.54, 1.807) is 0 Å². The number of alkyl halides is 6. The van der Waals surface area contributed by atoms with Gasteiger partial charge in [-0.3, -0.25) is 0 Å². The first-order valence-electron chi connectivity index (χ1n) is 7.88. The molecule has 1 heterocycles. The molecular weight excluding hydrogens is 434 g/mol. The third-order valence-electron chi connectivity index (χ3n) is 3.25. The summed E-state index contributed by atoms with van der Waals surface area (Å²) in [5.74, 6) is -2.83. The Hall–Kier alpha value is -4.01. The van der Waals surface area contributed by atoms with E-state index in [1.807, 2.05) is 59.4 Å². The normalized spacial score (nSPS) is 10.7. The van der Waals surface area contributed by atoms with Crippen LogP contribution in [0.25, 0.3) is 16.6 Å². The lowest BCUT2D eigenvalue weighted by Gasteiger charge is -2.05. The van der Waals surface area contributed by atoms with Crippen LogP contribution in [0, 0.1) is 12.3 Å². The summed E-state index contributed by atoms with van der Waals surface area (Å²) >= 11 is 0. The smallest absolute Gasteiger partial charge is 0.475 e. The first-order chi connectivity index (χ1) is 14.3. The third kappa shape index (κ3) is 7.39. The predicted molar refractivity (Wildman–Crippen MR) is 96.4 cm³/mol. The minimum absolute atomic E-state index is 0.848. The first-order valence-corrected chi connectivity index (χ1v) is 7.88. The Morgan fingerprint density at radius 3 is 1.81 bits per heavy atom. The van der Waals surface area contributed by atoms with Crippen LogP contribution in [0.4, 0.5) is 26.3 Å². The molecule has 0 atom stereocenters. The SMILES string of the molecule is C#Cc1ccccc1-n1ncc2ccccc21.O=C(O)C(F)(F)F.O=C(O)C(F)(F)F. The highest BCUT2D eigenvalue weighted by Crippen LogP contribution is 2.20. The Morgan fingerprint density at radius 2 is 1.32 bits per heavy atom. The second-order valence-electron chi connectivity index (χ2n) is 5.38. The molecule has 0 unspecified atom stereocenters. The minimum atomic E-state index is -5.08. The number of aromatic nitrogens is 2.